The molecule has 2 aromatic carbocycles. The second kappa shape index (κ2) is 9.40. The SMILES string of the molecule is CCCOC(Cc1ccc2c(ccn2Cc2nc(-c3ccccc3C)oc2C)c1)C(=O)O. The maximum atomic E-state index is 11.5. The van der Waals surface area contributed by atoms with Crippen molar-refractivity contribution in [3.63, 3.8) is 0 Å². The molecule has 4 aromatic rings. The zero-order valence-electron chi connectivity index (χ0n) is 18.7. The molecule has 2 heterocycles. The zero-order chi connectivity index (χ0) is 22.7. The minimum absolute atomic E-state index is 0.346. The van der Waals surface area contributed by atoms with Gasteiger partial charge in [0.2, 0.25) is 5.89 Å². The number of carboxylic acids is 1. The number of carbonyl (C=O) groups is 1. The number of fused-ring (bicyclic) bond motifs is 1. The average Bonchev–Trinajstić information content (AvgIpc) is 3.34. The molecule has 1 unspecified atom stereocenters. The summed E-state index contributed by atoms with van der Waals surface area (Å²) in [6, 6.07) is 16.1. The van der Waals surface area contributed by atoms with Crippen molar-refractivity contribution in [2.75, 3.05) is 6.61 Å². The van der Waals surface area contributed by atoms with Gasteiger partial charge in [-0.05, 0) is 61.0 Å². The van der Waals surface area contributed by atoms with Gasteiger partial charge in [-0.1, -0.05) is 31.2 Å². The Balaban J connectivity index is 1.55. The van der Waals surface area contributed by atoms with Crippen LogP contribution in [0.15, 0.2) is 59.1 Å². The maximum Gasteiger partial charge on any atom is 0.333 e. The first-order valence-electron chi connectivity index (χ1n) is 10.9. The minimum atomic E-state index is -0.929. The van der Waals surface area contributed by atoms with Crippen LogP contribution in [0.1, 0.15) is 35.9 Å². The van der Waals surface area contributed by atoms with Crippen molar-refractivity contribution >= 4 is 16.9 Å². The first-order chi connectivity index (χ1) is 15.5. The summed E-state index contributed by atoms with van der Waals surface area (Å²) in [4.78, 5) is 16.3. The summed E-state index contributed by atoms with van der Waals surface area (Å²) >= 11 is 0. The Kier molecular flexibility index (Phi) is 6.42. The van der Waals surface area contributed by atoms with Gasteiger partial charge in [0, 0.05) is 30.3 Å². The molecule has 0 aliphatic rings. The van der Waals surface area contributed by atoms with E-state index in [0.717, 1.165) is 45.5 Å². The maximum absolute atomic E-state index is 11.5. The highest BCUT2D eigenvalue weighted by molar-refractivity contribution is 5.81. The van der Waals surface area contributed by atoms with Crippen LogP contribution in [0.2, 0.25) is 0 Å². The molecule has 2 aromatic heterocycles. The summed E-state index contributed by atoms with van der Waals surface area (Å²) in [6.07, 6.45) is 2.34. The number of oxazole rings is 1. The molecule has 0 saturated carbocycles. The molecule has 0 aliphatic heterocycles. The van der Waals surface area contributed by atoms with E-state index in [1.807, 2.05) is 75.5 Å². The first kappa shape index (κ1) is 21.8. The monoisotopic (exact) mass is 432 g/mol. The number of rotatable bonds is 9. The van der Waals surface area contributed by atoms with Crippen molar-refractivity contribution in [3.05, 3.63) is 77.3 Å². The molecule has 0 saturated heterocycles. The largest absolute Gasteiger partial charge is 0.479 e. The predicted octanol–water partition coefficient (Wildman–Crippen LogP) is 5.38. The zero-order valence-corrected chi connectivity index (χ0v) is 18.7. The first-order valence-corrected chi connectivity index (χ1v) is 10.9. The number of ether oxygens (including phenoxy) is 1. The lowest BCUT2D eigenvalue weighted by Gasteiger charge is -2.13. The Morgan fingerprint density at radius 2 is 2.00 bits per heavy atom. The van der Waals surface area contributed by atoms with E-state index in [9.17, 15) is 9.90 Å². The number of carboxylic acid groups (broad SMARTS) is 1. The second-order valence-corrected chi connectivity index (χ2v) is 8.08. The Morgan fingerprint density at radius 1 is 1.19 bits per heavy atom. The van der Waals surface area contributed by atoms with E-state index < -0.39 is 12.1 Å². The lowest BCUT2D eigenvalue weighted by Crippen LogP contribution is -2.26. The van der Waals surface area contributed by atoms with Crippen molar-refractivity contribution in [2.45, 2.75) is 46.3 Å². The normalized spacial score (nSPS) is 12.3. The smallest absolute Gasteiger partial charge is 0.333 e. The molecule has 166 valence electrons. The molecule has 4 rings (SSSR count). The third-order valence-electron chi connectivity index (χ3n) is 5.64. The second-order valence-electron chi connectivity index (χ2n) is 8.08. The predicted molar refractivity (Wildman–Crippen MR) is 124 cm³/mol. The van der Waals surface area contributed by atoms with Gasteiger partial charge in [0.1, 0.15) is 11.5 Å². The fourth-order valence-corrected chi connectivity index (χ4v) is 3.87. The van der Waals surface area contributed by atoms with Crippen LogP contribution >= 0.6 is 0 Å². The quantitative estimate of drug-likeness (QED) is 0.384. The van der Waals surface area contributed by atoms with Crippen LogP contribution in [0.3, 0.4) is 0 Å². The lowest BCUT2D eigenvalue weighted by molar-refractivity contribution is -0.150. The Hall–Kier alpha value is -3.38. The van der Waals surface area contributed by atoms with Gasteiger partial charge in [-0.2, -0.15) is 0 Å². The molecular formula is C26H28N2O4. The Morgan fingerprint density at radius 3 is 2.75 bits per heavy atom. The molecule has 0 fully saturated rings. The molecule has 32 heavy (non-hydrogen) atoms. The highest BCUT2D eigenvalue weighted by atomic mass is 16.5. The van der Waals surface area contributed by atoms with Crippen molar-refractivity contribution in [1.82, 2.24) is 9.55 Å². The number of benzene rings is 2. The van der Waals surface area contributed by atoms with Gasteiger partial charge >= 0.3 is 5.97 Å². The van der Waals surface area contributed by atoms with Gasteiger partial charge in [-0.15, -0.1) is 0 Å². The standard InChI is InChI=1S/C26H28N2O4/c1-4-13-31-24(26(29)30)15-19-9-10-23-20(14-19)11-12-28(23)16-22-18(3)32-25(27-22)21-8-6-5-7-17(21)2/h5-12,14,24H,4,13,15-16H2,1-3H3,(H,29,30). The van der Waals surface area contributed by atoms with E-state index in [1.165, 1.54) is 0 Å². The van der Waals surface area contributed by atoms with Crippen molar-refractivity contribution in [3.8, 4) is 11.5 Å². The fraction of sp³-hybridized carbons (Fsp3) is 0.308. The van der Waals surface area contributed by atoms with Crippen molar-refractivity contribution < 1.29 is 19.1 Å². The van der Waals surface area contributed by atoms with E-state index in [2.05, 4.69) is 4.57 Å². The highest BCUT2D eigenvalue weighted by Gasteiger charge is 2.19. The summed E-state index contributed by atoms with van der Waals surface area (Å²) in [5, 5.41) is 10.5. The molecule has 0 bridgehead atoms. The Bertz CT molecular complexity index is 1240. The van der Waals surface area contributed by atoms with Gasteiger partial charge in [0.05, 0.1) is 6.54 Å². The van der Waals surface area contributed by atoms with Crippen LogP contribution in [-0.4, -0.2) is 33.3 Å². The van der Waals surface area contributed by atoms with Crippen LogP contribution in [0.25, 0.3) is 22.4 Å². The molecule has 0 radical (unpaired) electrons. The van der Waals surface area contributed by atoms with Gasteiger partial charge in [-0.25, -0.2) is 9.78 Å². The van der Waals surface area contributed by atoms with E-state index in [0.29, 0.717) is 25.5 Å². The average molecular weight is 433 g/mol. The van der Waals surface area contributed by atoms with Gasteiger partial charge in [0.15, 0.2) is 6.10 Å². The van der Waals surface area contributed by atoms with E-state index in [-0.39, 0.29) is 0 Å². The fourth-order valence-electron chi connectivity index (χ4n) is 3.87. The van der Waals surface area contributed by atoms with E-state index in [1.54, 1.807) is 0 Å². The van der Waals surface area contributed by atoms with E-state index in [4.69, 9.17) is 14.1 Å². The van der Waals surface area contributed by atoms with E-state index >= 15 is 0 Å². The molecule has 0 amide bonds. The molecule has 1 N–H and O–H groups in total. The topological polar surface area (TPSA) is 77.5 Å². The lowest BCUT2D eigenvalue weighted by atomic mass is 10.1. The summed E-state index contributed by atoms with van der Waals surface area (Å²) in [7, 11) is 0. The number of hydrogen-bond acceptors (Lipinski definition) is 4. The number of hydrogen-bond donors (Lipinski definition) is 1. The number of aromatic nitrogens is 2. The van der Waals surface area contributed by atoms with Gasteiger partial charge in [-0.3, -0.25) is 0 Å². The van der Waals surface area contributed by atoms with Gasteiger partial charge in [0.25, 0.3) is 0 Å². The van der Waals surface area contributed by atoms with Crippen LogP contribution in [-0.2, 0) is 22.5 Å². The number of aryl methyl sites for hydroxylation is 2. The highest BCUT2D eigenvalue weighted by Crippen LogP contribution is 2.26. The van der Waals surface area contributed by atoms with Crippen molar-refractivity contribution in [2.24, 2.45) is 0 Å². The Labute approximate surface area is 187 Å². The third-order valence-corrected chi connectivity index (χ3v) is 5.64. The number of aliphatic carboxylic acids is 1. The molecule has 6 heteroatoms. The summed E-state index contributed by atoms with van der Waals surface area (Å²) in [6.45, 7) is 7.00. The number of nitrogens with zero attached hydrogens (tertiary/aromatic N) is 2. The minimum Gasteiger partial charge on any atom is -0.479 e. The summed E-state index contributed by atoms with van der Waals surface area (Å²) in [5.74, 6) is 0.516. The van der Waals surface area contributed by atoms with Gasteiger partial charge < -0.3 is 18.8 Å². The van der Waals surface area contributed by atoms with Crippen LogP contribution in [0.4, 0.5) is 0 Å². The molecule has 0 aliphatic carbocycles. The molecule has 1 atom stereocenters. The molecule has 0 spiro atoms. The molecular weight excluding hydrogens is 404 g/mol. The summed E-state index contributed by atoms with van der Waals surface area (Å²) in [5.41, 5.74) is 5.03. The van der Waals surface area contributed by atoms with Crippen LogP contribution in [0, 0.1) is 13.8 Å². The summed E-state index contributed by atoms with van der Waals surface area (Å²) < 4.78 is 13.6. The van der Waals surface area contributed by atoms with Crippen LogP contribution < -0.4 is 0 Å². The molecule has 6 nitrogen and oxygen atoms in total. The third kappa shape index (κ3) is 4.60. The van der Waals surface area contributed by atoms with Crippen LogP contribution in [0.5, 0.6) is 0 Å². The van der Waals surface area contributed by atoms with Crippen molar-refractivity contribution in [1.29, 1.82) is 0 Å².